The Bertz CT molecular complexity index is 392. The van der Waals surface area contributed by atoms with Gasteiger partial charge in [0.05, 0.1) is 0 Å². The van der Waals surface area contributed by atoms with Gasteiger partial charge in [-0.25, -0.2) is 0 Å². The van der Waals surface area contributed by atoms with Crippen LogP contribution in [0.25, 0.3) is 0 Å². The zero-order chi connectivity index (χ0) is 12.5. The number of nitrogens with zero attached hydrogens (tertiary/aromatic N) is 2. The number of hydrogen-bond acceptors (Lipinski definition) is 2. The molecule has 18 heavy (non-hydrogen) atoms. The quantitative estimate of drug-likeness (QED) is 0.479. The van der Waals surface area contributed by atoms with Gasteiger partial charge in [0.1, 0.15) is 0 Å². The maximum atomic E-state index is 4.42. The molecule has 0 fully saturated rings. The van der Waals surface area contributed by atoms with Crippen LogP contribution in [0.2, 0.25) is 0 Å². The number of unbranched alkanes of at least 4 members (excludes halogenated alkanes) is 1. The van der Waals surface area contributed by atoms with E-state index in [9.17, 15) is 0 Å². The summed E-state index contributed by atoms with van der Waals surface area (Å²) in [6.07, 6.45) is 21.0. The normalized spacial score (nSPS) is 18.2. The van der Waals surface area contributed by atoms with Crippen molar-refractivity contribution in [3.05, 3.63) is 47.6 Å². The van der Waals surface area contributed by atoms with Gasteiger partial charge in [0.2, 0.25) is 0 Å². The molecule has 0 atom stereocenters. The molecule has 0 heterocycles. The molecule has 2 rings (SSSR count). The van der Waals surface area contributed by atoms with Crippen molar-refractivity contribution in [2.75, 3.05) is 13.1 Å². The molecule has 2 nitrogen and oxygen atoms in total. The summed E-state index contributed by atoms with van der Waals surface area (Å²) >= 11 is 0. The number of hydrogen-bond donors (Lipinski definition) is 0. The lowest BCUT2D eigenvalue weighted by Gasteiger charge is -1.95. The molecular formula is C16H20N2. The number of aliphatic imine (C=N–C) groups is 2. The average molecular weight is 240 g/mol. The molecule has 0 amide bonds. The van der Waals surface area contributed by atoms with Crippen LogP contribution in [-0.2, 0) is 0 Å². The van der Waals surface area contributed by atoms with Crippen molar-refractivity contribution >= 4 is 12.4 Å². The molecule has 2 aliphatic carbocycles. The third-order valence-electron chi connectivity index (χ3n) is 2.94. The predicted molar refractivity (Wildman–Crippen MR) is 79.6 cm³/mol. The molecule has 0 spiro atoms. The minimum absolute atomic E-state index is 0.914. The van der Waals surface area contributed by atoms with E-state index in [0.29, 0.717) is 0 Å². The lowest BCUT2D eigenvalue weighted by Crippen LogP contribution is -1.89. The molecule has 0 aliphatic heterocycles. The van der Waals surface area contributed by atoms with Crippen molar-refractivity contribution in [3.63, 3.8) is 0 Å². The summed E-state index contributed by atoms with van der Waals surface area (Å²) in [4.78, 5) is 8.84. The Hall–Kier alpha value is -1.70. The molecule has 0 aromatic rings. The van der Waals surface area contributed by atoms with E-state index in [1.807, 2.05) is 12.4 Å². The van der Waals surface area contributed by atoms with E-state index in [2.05, 4.69) is 46.4 Å². The zero-order valence-electron chi connectivity index (χ0n) is 10.8. The first kappa shape index (κ1) is 12.7. The third-order valence-corrected chi connectivity index (χ3v) is 2.94. The summed E-state index contributed by atoms with van der Waals surface area (Å²) in [6.45, 7) is 1.83. The van der Waals surface area contributed by atoms with Gasteiger partial charge in [-0.05, 0) is 36.8 Å². The van der Waals surface area contributed by atoms with Crippen LogP contribution in [-0.4, -0.2) is 25.5 Å². The molecule has 0 saturated carbocycles. The molecule has 0 aromatic carbocycles. The Morgan fingerprint density at radius 3 is 1.72 bits per heavy atom. The van der Waals surface area contributed by atoms with E-state index < -0.39 is 0 Å². The summed E-state index contributed by atoms with van der Waals surface area (Å²) in [6, 6.07) is 0. The highest BCUT2D eigenvalue weighted by Gasteiger charge is 1.94. The molecule has 2 heteroatoms. The number of rotatable bonds is 7. The van der Waals surface area contributed by atoms with Crippen LogP contribution < -0.4 is 0 Å². The van der Waals surface area contributed by atoms with E-state index in [1.54, 1.807) is 0 Å². The van der Waals surface area contributed by atoms with Gasteiger partial charge >= 0.3 is 0 Å². The number of allylic oxidation sites excluding steroid dienone is 8. The second-order valence-electron chi connectivity index (χ2n) is 4.53. The second kappa shape index (κ2) is 7.59. The molecule has 0 radical (unpaired) electrons. The van der Waals surface area contributed by atoms with Crippen LogP contribution in [0.1, 0.15) is 25.7 Å². The molecule has 0 N–H and O–H groups in total. The molecular weight excluding hydrogens is 220 g/mol. The lowest BCUT2D eigenvalue weighted by molar-refractivity contribution is 0.759. The highest BCUT2D eigenvalue weighted by atomic mass is 14.7. The predicted octanol–water partition coefficient (Wildman–Crippen LogP) is 3.68. The Morgan fingerprint density at radius 1 is 0.833 bits per heavy atom. The van der Waals surface area contributed by atoms with Gasteiger partial charge in [0.15, 0.2) is 0 Å². The monoisotopic (exact) mass is 240 g/mol. The molecule has 0 unspecified atom stereocenters. The Kier molecular flexibility index (Phi) is 5.38. The van der Waals surface area contributed by atoms with E-state index >= 15 is 0 Å². The minimum atomic E-state index is 0.914. The Balaban J connectivity index is 1.48. The van der Waals surface area contributed by atoms with Gasteiger partial charge in [0.25, 0.3) is 0 Å². The summed E-state index contributed by atoms with van der Waals surface area (Å²) in [5, 5.41) is 0. The minimum Gasteiger partial charge on any atom is -0.293 e. The SMILES string of the molecule is C1=CCC(C=NCCCCN=CC2=CC=CC2)=C1. The maximum Gasteiger partial charge on any atom is 0.0390 e. The third kappa shape index (κ3) is 4.66. The van der Waals surface area contributed by atoms with Crippen LogP contribution in [0.3, 0.4) is 0 Å². The fourth-order valence-corrected chi connectivity index (χ4v) is 1.89. The first-order valence-electron chi connectivity index (χ1n) is 6.66. The smallest absolute Gasteiger partial charge is 0.0390 e. The van der Waals surface area contributed by atoms with E-state index in [0.717, 1.165) is 38.8 Å². The molecule has 2 aliphatic rings. The summed E-state index contributed by atoms with van der Waals surface area (Å²) in [5.74, 6) is 0. The van der Waals surface area contributed by atoms with Crippen LogP contribution in [0.4, 0.5) is 0 Å². The molecule has 94 valence electrons. The summed E-state index contributed by atoms with van der Waals surface area (Å²) < 4.78 is 0. The van der Waals surface area contributed by atoms with Crippen LogP contribution in [0.15, 0.2) is 57.6 Å². The first-order valence-corrected chi connectivity index (χ1v) is 6.66. The molecule has 0 aromatic heterocycles. The molecule has 0 saturated heterocycles. The second-order valence-corrected chi connectivity index (χ2v) is 4.53. The van der Waals surface area contributed by atoms with Gasteiger partial charge in [-0.1, -0.05) is 36.5 Å². The highest BCUT2D eigenvalue weighted by Crippen LogP contribution is 2.08. The Labute approximate surface area is 109 Å². The first-order chi connectivity index (χ1) is 8.95. The van der Waals surface area contributed by atoms with Gasteiger partial charge in [-0.15, -0.1) is 0 Å². The van der Waals surface area contributed by atoms with Gasteiger partial charge < -0.3 is 0 Å². The maximum absolute atomic E-state index is 4.42. The average Bonchev–Trinajstić information content (AvgIpc) is 3.05. The van der Waals surface area contributed by atoms with Gasteiger partial charge in [-0.3, -0.25) is 9.98 Å². The van der Waals surface area contributed by atoms with Crippen molar-refractivity contribution in [2.45, 2.75) is 25.7 Å². The standard InChI is InChI=1S/C16H20N2/c1-2-8-15(7-1)13-17-11-5-6-12-18-14-16-9-3-4-10-16/h1-4,7,9,13-14H,5-6,8,10-12H2. The molecule has 0 bridgehead atoms. The van der Waals surface area contributed by atoms with Crippen molar-refractivity contribution < 1.29 is 0 Å². The van der Waals surface area contributed by atoms with Crippen molar-refractivity contribution in [1.82, 2.24) is 0 Å². The summed E-state index contributed by atoms with van der Waals surface area (Å²) in [7, 11) is 0. The van der Waals surface area contributed by atoms with Crippen LogP contribution >= 0.6 is 0 Å². The highest BCUT2D eigenvalue weighted by molar-refractivity contribution is 5.80. The fourth-order valence-electron chi connectivity index (χ4n) is 1.89. The van der Waals surface area contributed by atoms with Crippen LogP contribution in [0.5, 0.6) is 0 Å². The van der Waals surface area contributed by atoms with Crippen molar-refractivity contribution in [2.24, 2.45) is 9.98 Å². The van der Waals surface area contributed by atoms with Crippen molar-refractivity contribution in [1.29, 1.82) is 0 Å². The lowest BCUT2D eigenvalue weighted by atomic mass is 10.2. The van der Waals surface area contributed by atoms with Crippen LogP contribution in [0, 0.1) is 0 Å². The van der Waals surface area contributed by atoms with E-state index in [-0.39, 0.29) is 0 Å². The fraction of sp³-hybridized carbons (Fsp3) is 0.375. The van der Waals surface area contributed by atoms with Gasteiger partial charge in [0, 0.05) is 25.5 Å². The largest absolute Gasteiger partial charge is 0.293 e. The zero-order valence-corrected chi connectivity index (χ0v) is 10.8. The van der Waals surface area contributed by atoms with E-state index in [4.69, 9.17) is 0 Å². The Morgan fingerprint density at radius 2 is 1.33 bits per heavy atom. The summed E-state index contributed by atoms with van der Waals surface area (Å²) in [5.41, 5.74) is 2.63. The van der Waals surface area contributed by atoms with E-state index in [1.165, 1.54) is 11.1 Å². The van der Waals surface area contributed by atoms with Gasteiger partial charge in [-0.2, -0.15) is 0 Å². The van der Waals surface area contributed by atoms with Crippen molar-refractivity contribution in [3.8, 4) is 0 Å². The topological polar surface area (TPSA) is 24.7 Å².